The van der Waals surface area contributed by atoms with Crippen LogP contribution in [0.15, 0.2) is 28.8 Å². The minimum Gasteiger partial charge on any atom is -0.485 e. The number of likely N-dealkylation sites (tertiary alicyclic amines) is 1. The van der Waals surface area contributed by atoms with Crippen molar-refractivity contribution >= 4 is 5.91 Å². The topological polar surface area (TPSA) is 75.8 Å². The van der Waals surface area contributed by atoms with Crippen molar-refractivity contribution in [2.45, 2.75) is 58.7 Å². The van der Waals surface area contributed by atoms with Crippen LogP contribution in [-0.4, -0.2) is 45.9 Å². The number of hydrogen-bond donors (Lipinski definition) is 1. The molecule has 0 radical (unpaired) electrons. The fourth-order valence-corrected chi connectivity index (χ4v) is 3.99. The number of aryl methyl sites for hydroxylation is 2. The SMILES string of the molecule is Cc1noc(C)c1CC(=O)N1CC[C@@](O)(CC(C)C)[C@@H](Oc2cccc(F)c2)C1. The second-order valence-electron chi connectivity index (χ2n) is 8.33. The van der Waals surface area contributed by atoms with Gasteiger partial charge in [0.15, 0.2) is 0 Å². The molecule has 3 rings (SSSR count). The van der Waals surface area contributed by atoms with Crippen LogP contribution in [0.2, 0.25) is 0 Å². The van der Waals surface area contributed by atoms with E-state index in [1.807, 2.05) is 20.8 Å². The third-order valence-electron chi connectivity index (χ3n) is 5.50. The van der Waals surface area contributed by atoms with E-state index < -0.39 is 17.5 Å². The monoisotopic (exact) mass is 404 g/mol. The Kier molecular flexibility index (Phi) is 6.27. The first-order chi connectivity index (χ1) is 13.7. The number of aromatic nitrogens is 1. The second-order valence-corrected chi connectivity index (χ2v) is 8.33. The summed E-state index contributed by atoms with van der Waals surface area (Å²) in [5, 5.41) is 15.2. The Morgan fingerprint density at radius 1 is 1.45 bits per heavy atom. The number of carbonyl (C=O) groups excluding carboxylic acids is 1. The van der Waals surface area contributed by atoms with Crippen LogP contribution in [0, 0.1) is 25.6 Å². The summed E-state index contributed by atoms with van der Waals surface area (Å²) < 4.78 is 24.7. The van der Waals surface area contributed by atoms with Gasteiger partial charge < -0.3 is 19.3 Å². The van der Waals surface area contributed by atoms with Crippen molar-refractivity contribution in [3.8, 4) is 5.75 Å². The number of benzene rings is 1. The number of rotatable bonds is 6. The van der Waals surface area contributed by atoms with Gasteiger partial charge >= 0.3 is 0 Å². The molecule has 1 aliphatic rings. The smallest absolute Gasteiger partial charge is 0.227 e. The molecular formula is C22H29FN2O4. The van der Waals surface area contributed by atoms with Crippen LogP contribution >= 0.6 is 0 Å². The normalized spacial score (nSPS) is 22.2. The number of nitrogens with zero attached hydrogens (tertiary/aromatic N) is 2. The molecular weight excluding hydrogens is 375 g/mol. The highest BCUT2D eigenvalue weighted by Crippen LogP contribution is 2.33. The molecule has 2 atom stereocenters. The molecule has 1 N–H and O–H groups in total. The van der Waals surface area contributed by atoms with Crippen LogP contribution in [0.5, 0.6) is 5.75 Å². The maximum Gasteiger partial charge on any atom is 0.227 e. The number of ether oxygens (including phenoxy) is 1. The molecule has 29 heavy (non-hydrogen) atoms. The molecule has 1 amide bonds. The van der Waals surface area contributed by atoms with Gasteiger partial charge in [-0.1, -0.05) is 25.1 Å². The highest BCUT2D eigenvalue weighted by molar-refractivity contribution is 5.79. The summed E-state index contributed by atoms with van der Waals surface area (Å²) in [7, 11) is 0. The largest absolute Gasteiger partial charge is 0.485 e. The summed E-state index contributed by atoms with van der Waals surface area (Å²) in [5.41, 5.74) is 0.415. The van der Waals surface area contributed by atoms with Gasteiger partial charge in [0.05, 0.1) is 18.7 Å². The predicted molar refractivity (Wildman–Crippen MR) is 106 cm³/mol. The summed E-state index contributed by atoms with van der Waals surface area (Å²) in [6, 6.07) is 5.85. The quantitative estimate of drug-likeness (QED) is 0.798. The lowest BCUT2D eigenvalue weighted by Crippen LogP contribution is -2.59. The van der Waals surface area contributed by atoms with Gasteiger partial charge in [0.25, 0.3) is 0 Å². The van der Waals surface area contributed by atoms with Crippen molar-refractivity contribution in [1.82, 2.24) is 10.1 Å². The van der Waals surface area contributed by atoms with Gasteiger partial charge in [-0.15, -0.1) is 0 Å². The molecule has 2 aromatic rings. The summed E-state index contributed by atoms with van der Waals surface area (Å²) in [6.07, 6.45) is 0.488. The standard InChI is InChI=1S/C22H29FN2O4/c1-14(2)12-22(27)8-9-25(21(26)11-19-15(3)24-29-16(19)4)13-20(22)28-18-7-5-6-17(23)10-18/h5-7,10,14,20,27H,8-9,11-13H2,1-4H3/t20-,22+/m0/s1. The van der Waals surface area contributed by atoms with E-state index in [4.69, 9.17) is 9.26 Å². The first kappa shape index (κ1) is 21.3. The average Bonchev–Trinajstić information content (AvgIpc) is 2.95. The maximum absolute atomic E-state index is 13.6. The zero-order valence-corrected chi connectivity index (χ0v) is 17.4. The molecule has 0 saturated carbocycles. The first-order valence-electron chi connectivity index (χ1n) is 10.0. The van der Waals surface area contributed by atoms with E-state index in [0.29, 0.717) is 36.6 Å². The van der Waals surface area contributed by atoms with E-state index in [0.717, 1.165) is 5.56 Å². The van der Waals surface area contributed by atoms with Crippen molar-refractivity contribution in [3.05, 3.63) is 47.1 Å². The number of piperidine rings is 1. The van der Waals surface area contributed by atoms with E-state index >= 15 is 0 Å². The van der Waals surface area contributed by atoms with E-state index in [9.17, 15) is 14.3 Å². The molecule has 7 heteroatoms. The number of hydrogen-bond acceptors (Lipinski definition) is 5. The lowest BCUT2D eigenvalue weighted by atomic mass is 9.81. The van der Waals surface area contributed by atoms with Crippen molar-refractivity contribution < 1.29 is 23.6 Å². The Morgan fingerprint density at radius 3 is 2.83 bits per heavy atom. The van der Waals surface area contributed by atoms with Gasteiger partial charge in [-0.3, -0.25) is 4.79 Å². The van der Waals surface area contributed by atoms with Crippen molar-refractivity contribution in [2.75, 3.05) is 13.1 Å². The van der Waals surface area contributed by atoms with E-state index in [1.165, 1.54) is 12.1 Å². The Labute approximate surface area is 170 Å². The van der Waals surface area contributed by atoms with Crippen LogP contribution < -0.4 is 4.74 Å². The summed E-state index contributed by atoms with van der Waals surface area (Å²) in [4.78, 5) is 14.6. The van der Waals surface area contributed by atoms with Crippen molar-refractivity contribution in [3.63, 3.8) is 0 Å². The highest BCUT2D eigenvalue weighted by atomic mass is 19.1. The van der Waals surface area contributed by atoms with E-state index in [1.54, 1.807) is 24.0 Å². The maximum atomic E-state index is 13.6. The molecule has 1 fully saturated rings. The fraction of sp³-hybridized carbons (Fsp3) is 0.545. The minimum absolute atomic E-state index is 0.0705. The molecule has 6 nitrogen and oxygen atoms in total. The molecule has 2 heterocycles. The molecule has 1 aliphatic heterocycles. The lowest BCUT2D eigenvalue weighted by molar-refractivity contribution is -0.147. The zero-order valence-electron chi connectivity index (χ0n) is 17.4. The molecule has 0 bridgehead atoms. The number of halogens is 1. The molecule has 0 spiro atoms. The molecule has 1 aromatic heterocycles. The predicted octanol–water partition coefficient (Wildman–Crippen LogP) is 3.43. The average molecular weight is 404 g/mol. The number of amides is 1. The van der Waals surface area contributed by atoms with Crippen LogP contribution in [0.25, 0.3) is 0 Å². The van der Waals surface area contributed by atoms with Gasteiger partial charge in [-0.2, -0.15) is 0 Å². The minimum atomic E-state index is -1.08. The van der Waals surface area contributed by atoms with Crippen molar-refractivity contribution in [1.29, 1.82) is 0 Å². The van der Waals surface area contributed by atoms with Gasteiger partial charge in [-0.05, 0) is 44.7 Å². The number of carbonyl (C=O) groups is 1. The summed E-state index contributed by atoms with van der Waals surface area (Å²) in [6.45, 7) is 8.34. The number of aliphatic hydroxyl groups is 1. The van der Waals surface area contributed by atoms with Crippen molar-refractivity contribution in [2.24, 2.45) is 5.92 Å². The fourth-order valence-electron chi connectivity index (χ4n) is 3.99. The van der Waals surface area contributed by atoms with Crippen LogP contribution in [0.4, 0.5) is 4.39 Å². The zero-order chi connectivity index (χ0) is 21.2. The Hall–Kier alpha value is -2.41. The van der Waals surface area contributed by atoms with Crippen LogP contribution in [-0.2, 0) is 11.2 Å². The summed E-state index contributed by atoms with van der Waals surface area (Å²) in [5.74, 6) is 0.757. The molecule has 158 valence electrons. The Morgan fingerprint density at radius 2 is 2.21 bits per heavy atom. The van der Waals surface area contributed by atoms with Gasteiger partial charge in [-0.25, -0.2) is 4.39 Å². The second kappa shape index (κ2) is 8.53. The van der Waals surface area contributed by atoms with Gasteiger partial charge in [0, 0.05) is 18.2 Å². The van der Waals surface area contributed by atoms with Crippen LogP contribution in [0.3, 0.4) is 0 Å². The van der Waals surface area contributed by atoms with Gasteiger partial charge in [0.1, 0.15) is 29.0 Å². The van der Waals surface area contributed by atoms with Gasteiger partial charge in [0.2, 0.25) is 5.91 Å². The lowest BCUT2D eigenvalue weighted by Gasteiger charge is -2.45. The molecule has 1 aromatic carbocycles. The Balaban J connectivity index is 1.78. The highest BCUT2D eigenvalue weighted by Gasteiger charge is 2.44. The Bertz CT molecular complexity index is 847. The summed E-state index contributed by atoms with van der Waals surface area (Å²) >= 11 is 0. The molecule has 0 unspecified atom stereocenters. The van der Waals surface area contributed by atoms with E-state index in [2.05, 4.69) is 5.16 Å². The van der Waals surface area contributed by atoms with E-state index in [-0.39, 0.29) is 24.8 Å². The first-order valence-corrected chi connectivity index (χ1v) is 10.0. The molecule has 1 saturated heterocycles. The third-order valence-corrected chi connectivity index (χ3v) is 5.50. The molecule has 0 aliphatic carbocycles. The third kappa shape index (κ3) is 4.96. The van der Waals surface area contributed by atoms with Crippen LogP contribution in [0.1, 0.15) is 43.7 Å².